The van der Waals surface area contributed by atoms with Gasteiger partial charge in [-0.2, -0.15) is 0 Å². The molecule has 0 unspecified atom stereocenters. The normalized spacial score (nSPS) is 17.9. The quantitative estimate of drug-likeness (QED) is 0.731. The predicted octanol–water partition coefficient (Wildman–Crippen LogP) is 3.21. The molecule has 1 saturated carbocycles. The largest absolute Gasteiger partial charge is 0.464 e. The van der Waals surface area contributed by atoms with E-state index in [1.165, 1.54) is 5.56 Å². The van der Waals surface area contributed by atoms with Crippen molar-refractivity contribution < 1.29 is 8.83 Å². The number of nitrogens with two attached hydrogens (primary N) is 1. The summed E-state index contributed by atoms with van der Waals surface area (Å²) in [6.45, 7) is 0. The lowest BCUT2D eigenvalue weighted by Crippen LogP contribution is -2.24. The first-order valence-electron chi connectivity index (χ1n) is 5.90. The molecule has 0 spiro atoms. The molecule has 2 heterocycles. The van der Waals surface area contributed by atoms with Crippen molar-refractivity contribution in [2.45, 2.75) is 24.8 Å². The highest BCUT2D eigenvalue weighted by Gasteiger charge is 2.39. The fourth-order valence-corrected chi connectivity index (χ4v) is 2.49. The zero-order valence-electron chi connectivity index (χ0n) is 9.40. The lowest BCUT2D eigenvalue weighted by atomic mass is 9.99. The van der Waals surface area contributed by atoms with Gasteiger partial charge < -0.3 is 14.6 Å². The molecule has 1 aliphatic rings. The summed E-state index contributed by atoms with van der Waals surface area (Å²) >= 11 is 0. The molecule has 3 aromatic rings. The van der Waals surface area contributed by atoms with Crippen LogP contribution in [0.1, 0.15) is 18.4 Å². The van der Waals surface area contributed by atoms with E-state index in [0.717, 1.165) is 41.2 Å². The van der Waals surface area contributed by atoms with E-state index in [-0.39, 0.29) is 5.54 Å². The second-order valence-corrected chi connectivity index (χ2v) is 5.07. The van der Waals surface area contributed by atoms with Crippen molar-refractivity contribution in [2.24, 2.45) is 5.73 Å². The minimum atomic E-state index is -0.0225. The number of hydrogen-bond acceptors (Lipinski definition) is 3. The Labute approximate surface area is 98.2 Å². The molecule has 3 heteroatoms. The molecule has 0 saturated heterocycles. The average molecular weight is 227 g/mol. The van der Waals surface area contributed by atoms with Crippen molar-refractivity contribution in [3.05, 3.63) is 36.3 Å². The highest BCUT2D eigenvalue weighted by molar-refractivity contribution is 5.97. The zero-order valence-corrected chi connectivity index (χ0v) is 9.40. The lowest BCUT2D eigenvalue weighted by molar-refractivity contribution is 0.599. The van der Waals surface area contributed by atoms with Crippen LogP contribution in [-0.2, 0) is 6.42 Å². The van der Waals surface area contributed by atoms with Gasteiger partial charge in [0.15, 0.2) is 0 Å². The summed E-state index contributed by atoms with van der Waals surface area (Å²) in [5, 5.41) is 2.22. The third-order valence-corrected chi connectivity index (χ3v) is 3.70. The van der Waals surface area contributed by atoms with E-state index in [4.69, 9.17) is 14.6 Å². The Balaban J connectivity index is 2.04. The van der Waals surface area contributed by atoms with Gasteiger partial charge in [0.1, 0.15) is 11.2 Å². The molecule has 0 radical (unpaired) electrons. The van der Waals surface area contributed by atoms with E-state index in [1.807, 2.05) is 18.2 Å². The predicted molar refractivity (Wildman–Crippen MR) is 65.8 cm³/mol. The van der Waals surface area contributed by atoms with Gasteiger partial charge in [0.2, 0.25) is 0 Å². The molecule has 1 fully saturated rings. The third kappa shape index (κ3) is 1.32. The second-order valence-electron chi connectivity index (χ2n) is 5.07. The topological polar surface area (TPSA) is 52.3 Å². The molecule has 0 bridgehead atoms. The SMILES string of the molecule is NC1(Cc2c3ccoc3cc3ccoc23)CC1. The molecule has 0 amide bonds. The van der Waals surface area contributed by atoms with Crippen LogP contribution < -0.4 is 5.73 Å². The van der Waals surface area contributed by atoms with Crippen LogP contribution in [0.2, 0.25) is 0 Å². The fourth-order valence-electron chi connectivity index (χ4n) is 2.49. The van der Waals surface area contributed by atoms with Crippen LogP contribution in [0.3, 0.4) is 0 Å². The van der Waals surface area contributed by atoms with E-state index in [9.17, 15) is 0 Å². The van der Waals surface area contributed by atoms with Gasteiger partial charge in [-0.25, -0.2) is 0 Å². The van der Waals surface area contributed by atoms with Gasteiger partial charge in [0, 0.05) is 21.9 Å². The van der Waals surface area contributed by atoms with Crippen LogP contribution in [0.5, 0.6) is 0 Å². The standard InChI is InChI=1S/C14H13NO2/c15-14(3-4-14)8-11-10-2-6-16-12(10)7-9-1-5-17-13(9)11/h1-2,5-7H,3-4,8,15H2. The van der Waals surface area contributed by atoms with Crippen molar-refractivity contribution in [3.63, 3.8) is 0 Å². The van der Waals surface area contributed by atoms with Crippen molar-refractivity contribution in [1.82, 2.24) is 0 Å². The summed E-state index contributed by atoms with van der Waals surface area (Å²) in [5.41, 5.74) is 9.26. The van der Waals surface area contributed by atoms with Crippen LogP contribution in [0.4, 0.5) is 0 Å². The fraction of sp³-hybridized carbons (Fsp3) is 0.286. The van der Waals surface area contributed by atoms with Gasteiger partial charge >= 0.3 is 0 Å². The summed E-state index contributed by atoms with van der Waals surface area (Å²) < 4.78 is 11.1. The molecule has 86 valence electrons. The summed E-state index contributed by atoms with van der Waals surface area (Å²) in [6, 6.07) is 5.99. The number of furan rings is 2. The van der Waals surface area contributed by atoms with E-state index in [0.29, 0.717) is 0 Å². The van der Waals surface area contributed by atoms with Crippen LogP contribution in [-0.4, -0.2) is 5.54 Å². The molecule has 17 heavy (non-hydrogen) atoms. The molecule has 3 nitrogen and oxygen atoms in total. The maximum Gasteiger partial charge on any atom is 0.137 e. The van der Waals surface area contributed by atoms with Gasteiger partial charge in [0.05, 0.1) is 12.5 Å². The maximum absolute atomic E-state index is 6.23. The third-order valence-electron chi connectivity index (χ3n) is 3.70. The van der Waals surface area contributed by atoms with Crippen LogP contribution in [0.15, 0.2) is 39.6 Å². The smallest absolute Gasteiger partial charge is 0.137 e. The molecule has 1 aliphatic carbocycles. The summed E-state index contributed by atoms with van der Waals surface area (Å²) in [6.07, 6.45) is 6.52. The minimum absolute atomic E-state index is 0.0225. The second kappa shape index (κ2) is 2.93. The Morgan fingerprint density at radius 2 is 2.00 bits per heavy atom. The molecule has 4 rings (SSSR count). The molecule has 0 atom stereocenters. The van der Waals surface area contributed by atoms with Gasteiger partial charge in [-0.3, -0.25) is 0 Å². The van der Waals surface area contributed by atoms with E-state index >= 15 is 0 Å². The highest BCUT2D eigenvalue weighted by atomic mass is 16.3. The van der Waals surface area contributed by atoms with Gasteiger partial charge in [-0.05, 0) is 37.5 Å². The average Bonchev–Trinajstić information content (AvgIpc) is 2.78. The number of hydrogen-bond donors (Lipinski definition) is 1. The van der Waals surface area contributed by atoms with Gasteiger partial charge in [-0.1, -0.05) is 0 Å². The van der Waals surface area contributed by atoms with Gasteiger partial charge in [-0.15, -0.1) is 0 Å². The molecular formula is C14H13NO2. The molecule has 2 N–H and O–H groups in total. The minimum Gasteiger partial charge on any atom is -0.464 e. The van der Waals surface area contributed by atoms with Crippen molar-refractivity contribution in [1.29, 1.82) is 0 Å². The first kappa shape index (κ1) is 9.31. The first-order valence-corrected chi connectivity index (χ1v) is 5.90. The van der Waals surface area contributed by atoms with Crippen molar-refractivity contribution >= 4 is 21.9 Å². The van der Waals surface area contributed by atoms with E-state index in [2.05, 4.69) is 0 Å². The first-order chi connectivity index (χ1) is 8.25. The Kier molecular flexibility index (Phi) is 1.60. The lowest BCUT2D eigenvalue weighted by Gasteiger charge is -2.09. The zero-order chi connectivity index (χ0) is 11.5. The van der Waals surface area contributed by atoms with E-state index in [1.54, 1.807) is 12.5 Å². The summed E-state index contributed by atoms with van der Waals surface area (Å²) in [7, 11) is 0. The number of benzene rings is 1. The van der Waals surface area contributed by atoms with Crippen molar-refractivity contribution in [3.8, 4) is 0 Å². The summed E-state index contributed by atoms with van der Waals surface area (Å²) in [5.74, 6) is 0. The molecular weight excluding hydrogens is 214 g/mol. The Hall–Kier alpha value is -1.74. The Morgan fingerprint density at radius 3 is 2.82 bits per heavy atom. The number of fused-ring (bicyclic) bond motifs is 2. The van der Waals surface area contributed by atoms with E-state index < -0.39 is 0 Å². The summed E-state index contributed by atoms with van der Waals surface area (Å²) in [4.78, 5) is 0. The van der Waals surface area contributed by atoms with Crippen molar-refractivity contribution in [2.75, 3.05) is 0 Å². The molecule has 0 aliphatic heterocycles. The Morgan fingerprint density at radius 1 is 1.18 bits per heavy atom. The maximum atomic E-state index is 6.23. The van der Waals surface area contributed by atoms with Crippen LogP contribution in [0, 0.1) is 0 Å². The number of rotatable bonds is 2. The Bertz CT molecular complexity index is 654. The van der Waals surface area contributed by atoms with Crippen LogP contribution in [0.25, 0.3) is 21.9 Å². The highest BCUT2D eigenvalue weighted by Crippen LogP contribution is 2.40. The van der Waals surface area contributed by atoms with Crippen LogP contribution >= 0.6 is 0 Å². The monoisotopic (exact) mass is 227 g/mol. The molecule has 2 aromatic heterocycles. The molecule has 1 aromatic carbocycles. The van der Waals surface area contributed by atoms with Gasteiger partial charge in [0.25, 0.3) is 0 Å².